The molecule has 0 spiro atoms. The van der Waals surface area contributed by atoms with E-state index in [4.69, 9.17) is 0 Å². The Labute approximate surface area is 65.3 Å². The molecule has 0 radical (unpaired) electrons. The van der Waals surface area contributed by atoms with Crippen LogP contribution in [-0.4, -0.2) is 0 Å². The lowest BCUT2D eigenvalue weighted by Crippen LogP contribution is -1.87. The average molecular weight is 140 g/mol. The first-order valence-electron chi connectivity index (χ1n) is 4.47. The smallest absolute Gasteiger partial charge is 0.0262 e. The van der Waals surface area contributed by atoms with E-state index in [1.165, 1.54) is 25.7 Å². The van der Waals surface area contributed by atoms with Gasteiger partial charge in [0.1, 0.15) is 0 Å². The van der Waals surface area contributed by atoms with Gasteiger partial charge in [0.15, 0.2) is 0 Å². The van der Waals surface area contributed by atoms with Gasteiger partial charge in [0, 0.05) is 0 Å². The summed E-state index contributed by atoms with van der Waals surface area (Å²) in [6.45, 7) is 6.72. The summed E-state index contributed by atoms with van der Waals surface area (Å²) in [5.41, 5.74) is 0. The van der Waals surface area contributed by atoms with E-state index in [-0.39, 0.29) is 0 Å². The SMILES string of the molecule is CC/C=C/C(C)CCCC. The first kappa shape index (κ1) is 9.74. The van der Waals surface area contributed by atoms with Gasteiger partial charge in [0.25, 0.3) is 0 Å². The van der Waals surface area contributed by atoms with Gasteiger partial charge in [-0.3, -0.25) is 0 Å². The highest BCUT2D eigenvalue weighted by molar-refractivity contribution is 4.84. The van der Waals surface area contributed by atoms with Crippen LogP contribution in [0.4, 0.5) is 0 Å². The van der Waals surface area contributed by atoms with Crippen molar-refractivity contribution in [3.63, 3.8) is 0 Å². The zero-order valence-corrected chi connectivity index (χ0v) is 7.56. The summed E-state index contributed by atoms with van der Waals surface area (Å²) in [5, 5.41) is 0. The number of allylic oxidation sites excluding steroid dienone is 2. The van der Waals surface area contributed by atoms with Gasteiger partial charge in [0.05, 0.1) is 0 Å². The first-order chi connectivity index (χ1) is 4.81. The Morgan fingerprint density at radius 3 is 2.50 bits per heavy atom. The third-order valence-electron chi connectivity index (χ3n) is 1.71. The summed E-state index contributed by atoms with van der Waals surface area (Å²) in [7, 11) is 0. The van der Waals surface area contributed by atoms with Gasteiger partial charge < -0.3 is 0 Å². The van der Waals surface area contributed by atoms with Crippen molar-refractivity contribution >= 4 is 0 Å². The van der Waals surface area contributed by atoms with Crippen molar-refractivity contribution in [3.8, 4) is 0 Å². The average Bonchev–Trinajstić information content (AvgIpc) is 1.97. The van der Waals surface area contributed by atoms with Crippen LogP contribution in [0, 0.1) is 5.92 Å². The van der Waals surface area contributed by atoms with Gasteiger partial charge in [-0.1, -0.05) is 45.8 Å². The summed E-state index contributed by atoms with van der Waals surface area (Å²) in [5.74, 6) is 0.792. The summed E-state index contributed by atoms with van der Waals surface area (Å²) < 4.78 is 0. The molecule has 0 heteroatoms. The third kappa shape index (κ3) is 5.87. The molecule has 0 aliphatic heterocycles. The van der Waals surface area contributed by atoms with Crippen molar-refractivity contribution in [2.75, 3.05) is 0 Å². The van der Waals surface area contributed by atoms with Gasteiger partial charge in [-0.25, -0.2) is 0 Å². The van der Waals surface area contributed by atoms with Crippen LogP contribution in [-0.2, 0) is 0 Å². The van der Waals surface area contributed by atoms with E-state index in [0.29, 0.717) is 0 Å². The second-order valence-corrected chi connectivity index (χ2v) is 2.96. The summed E-state index contributed by atoms with van der Waals surface area (Å²) >= 11 is 0. The Balaban J connectivity index is 3.24. The van der Waals surface area contributed by atoms with Crippen LogP contribution in [0.15, 0.2) is 12.2 Å². The summed E-state index contributed by atoms with van der Waals surface area (Å²) in [6, 6.07) is 0. The van der Waals surface area contributed by atoms with Crippen LogP contribution in [0.3, 0.4) is 0 Å². The molecule has 0 aliphatic carbocycles. The number of hydrogen-bond donors (Lipinski definition) is 0. The number of hydrogen-bond acceptors (Lipinski definition) is 0. The van der Waals surface area contributed by atoms with Crippen LogP contribution in [0.1, 0.15) is 46.5 Å². The highest BCUT2D eigenvalue weighted by atomic mass is 14.0. The van der Waals surface area contributed by atoms with Crippen LogP contribution in [0.2, 0.25) is 0 Å². The second-order valence-electron chi connectivity index (χ2n) is 2.96. The van der Waals surface area contributed by atoms with Crippen molar-refractivity contribution < 1.29 is 0 Å². The minimum atomic E-state index is 0.792. The summed E-state index contributed by atoms with van der Waals surface area (Å²) in [4.78, 5) is 0. The fourth-order valence-corrected chi connectivity index (χ4v) is 0.991. The van der Waals surface area contributed by atoms with Crippen molar-refractivity contribution in [2.45, 2.75) is 46.5 Å². The maximum atomic E-state index is 2.33. The second kappa shape index (κ2) is 6.85. The van der Waals surface area contributed by atoms with E-state index >= 15 is 0 Å². The molecule has 0 saturated carbocycles. The maximum absolute atomic E-state index is 2.33. The van der Waals surface area contributed by atoms with Gasteiger partial charge in [0.2, 0.25) is 0 Å². The minimum Gasteiger partial charge on any atom is -0.0885 e. The molecule has 0 aromatic carbocycles. The standard InChI is InChI=1S/C10H20/c1-4-6-8-10(3)9-7-5-2/h6,8,10H,4-5,7,9H2,1-3H3/b8-6+. The molecule has 0 N–H and O–H groups in total. The Hall–Kier alpha value is -0.260. The van der Waals surface area contributed by atoms with E-state index in [1.54, 1.807) is 0 Å². The monoisotopic (exact) mass is 140 g/mol. The molecule has 0 fully saturated rings. The third-order valence-corrected chi connectivity index (χ3v) is 1.71. The zero-order chi connectivity index (χ0) is 7.82. The maximum Gasteiger partial charge on any atom is -0.0262 e. The van der Waals surface area contributed by atoms with Crippen molar-refractivity contribution in [3.05, 3.63) is 12.2 Å². The predicted octanol–water partition coefficient (Wildman–Crippen LogP) is 3.78. The Bertz CT molecular complexity index is 82.0. The zero-order valence-electron chi connectivity index (χ0n) is 7.56. The Morgan fingerprint density at radius 2 is 2.00 bits per heavy atom. The van der Waals surface area contributed by atoms with E-state index in [9.17, 15) is 0 Å². The molecular formula is C10H20. The van der Waals surface area contributed by atoms with Gasteiger partial charge >= 0.3 is 0 Å². The molecular weight excluding hydrogens is 120 g/mol. The molecule has 1 unspecified atom stereocenters. The van der Waals surface area contributed by atoms with Crippen molar-refractivity contribution in [2.24, 2.45) is 5.92 Å². The first-order valence-corrected chi connectivity index (χ1v) is 4.47. The van der Waals surface area contributed by atoms with Crippen LogP contribution in [0.25, 0.3) is 0 Å². The van der Waals surface area contributed by atoms with Crippen LogP contribution < -0.4 is 0 Å². The molecule has 0 bridgehead atoms. The highest BCUT2D eigenvalue weighted by Crippen LogP contribution is 2.08. The lowest BCUT2D eigenvalue weighted by atomic mass is 10.0. The molecule has 60 valence electrons. The Kier molecular flexibility index (Phi) is 6.68. The molecule has 0 aliphatic rings. The van der Waals surface area contributed by atoms with E-state index < -0.39 is 0 Å². The van der Waals surface area contributed by atoms with E-state index in [2.05, 4.69) is 32.9 Å². The van der Waals surface area contributed by atoms with Gasteiger partial charge in [-0.15, -0.1) is 0 Å². The number of rotatable bonds is 5. The fraction of sp³-hybridized carbons (Fsp3) is 0.800. The minimum absolute atomic E-state index is 0.792. The molecule has 0 amide bonds. The lowest BCUT2D eigenvalue weighted by molar-refractivity contribution is 0.597. The summed E-state index contributed by atoms with van der Waals surface area (Å²) in [6.07, 6.45) is 9.82. The lowest BCUT2D eigenvalue weighted by Gasteiger charge is -2.02. The molecule has 0 nitrogen and oxygen atoms in total. The quantitative estimate of drug-likeness (QED) is 0.510. The molecule has 1 atom stereocenters. The molecule has 0 aromatic heterocycles. The number of unbranched alkanes of at least 4 members (excludes halogenated alkanes) is 1. The largest absolute Gasteiger partial charge is 0.0885 e. The normalized spacial score (nSPS) is 14.3. The van der Waals surface area contributed by atoms with Crippen molar-refractivity contribution in [1.29, 1.82) is 0 Å². The molecule has 0 heterocycles. The predicted molar refractivity (Wildman–Crippen MR) is 48.1 cm³/mol. The van der Waals surface area contributed by atoms with Crippen LogP contribution >= 0.6 is 0 Å². The van der Waals surface area contributed by atoms with Gasteiger partial charge in [-0.05, 0) is 18.8 Å². The molecule has 0 aromatic rings. The highest BCUT2D eigenvalue weighted by Gasteiger charge is 1.93. The van der Waals surface area contributed by atoms with E-state index in [0.717, 1.165) is 5.92 Å². The Morgan fingerprint density at radius 1 is 1.30 bits per heavy atom. The fourth-order valence-electron chi connectivity index (χ4n) is 0.991. The van der Waals surface area contributed by atoms with Crippen molar-refractivity contribution in [1.82, 2.24) is 0 Å². The molecule has 0 saturated heterocycles. The molecule has 0 rings (SSSR count). The van der Waals surface area contributed by atoms with Gasteiger partial charge in [-0.2, -0.15) is 0 Å². The van der Waals surface area contributed by atoms with E-state index in [1.807, 2.05) is 0 Å². The molecule has 10 heavy (non-hydrogen) atoms. The topological polar surface area (TPSA) is 0 Å². The van der Waals surface area contributed by atoms with Crippen LogP contribution in [0.5, 0.6) is 0 Å².